The summed E-state index contributed by atoms with van der Waals surface area (Å²) >= 11 is 5.99. The lowest BCUT2D eigenvalue weighted by atomic mass is 10.1. The third kappa shape index (κ3) is 3.21. The summed E-state index contributed by atoms with van der Waals surface area (Å²) in [5.74, 6) is 0. The van der Waals surface area contributed by atoms with E-state index in [-0.39, 0.29) is 0 Å². The number of pyridine rings is 1. The Kier molecular flexibility index (Phi) is 4.24. The predicted molar refractivity (Wildman–Crippen MR) is 79.9 cm³/mol. The van der Waals surface area contributed by atoms with Gasteiger partial charge < -0.3 is 9.80 Å². The van der Waals surface area contributed by atoms with Crippen LogP contribution in [0.3, 0.4) is 0 Å². The molecule has 0 aromatic carbocycles. The van der Waals surface area contributed by atoms with E-state index in [1.54, 1.807) is 6.20 Å². The van der Waals surface area contributed by atoms with Crippen molar-refractivity contribution < 1.29 is 0 Å². The largest absolute Gasteiger partial charge is 0.371 e. The van der Waals surface area contributed by atoms with E-state index < -0.39 is 0 Å². The molecule has 3 nitrogen and oxygen atoms in total. The van der Waals surface area contributed by atoms with Gasteiger partial charge in [0.2, 0.25) is 0 Å². The monoisotopic (exact) mass is 279 g/mol. The Hall–Kier alpha value is -0.800. The fourth-order valence-corrected chi connectivity index (χ4v) is 3.57. The number of nitrogens with zero attached hydrogens (tertiary/aromatic N) is 3. The van der Waals surface area contributed by atoms with Crippen LogP contribution in [0.4, 0.5) is 5.69 Å². The second-order valence-corrected chi connectivity index (χ2v) is 6.04. The van der Waals surface area contributed by atoms with Crippen LogP contribution in [0, 0.1) is 0 Å². The van der Waals surface area contributed by atoms with Gasteiger partial charge in [0.1, 0.15) is 5.15 Å². The molecule has 3 heterocycles. The third-order valence-electron chi connectivity index (χ3n) is 4.43. The first-order valence-corrected chi connectivity index (χ1v) is 7.81. The number of halogens is 1. The highest BCUT2D eigenvalue weighted by Gasteiger charge is 2.24. The Morgan fingerprint density at radius 1 is 1.05 bits per heavy atom. The molecular formula is C15H22ClN3. The molecule has 1 unspecified atom stereocenters. The van der Waals surface area contributed by atoms with E-state index >= 15 is 0 Å². The summed E-state index contributed by atoms with van der Waals surface area (Å²) in [6, 6.07) is 4.85. The molecule has 0 radical (unpaired) electrons. The van der Waals surface area contributed by atoms with Gasteiger partial charge in [0.05, 0.1) is 0 Å². The Morgan fingerprint density at radius 2 is 1.89 bits per heavy atom. The topological polar surface area (TPSA) is 19.4 Å². The molecule has 0 bridgehead atoms. The first-order valence-electron chi connectivity index (χ1n) is 7.43. The van der Waals surface area contributed by atoms with Crippen LogP contribution in [0.5, 0.6) is 0 Å². The number of anilines is 1. The van der Waals surface area contributed by atoms with Crippen LogP contribution in [0.25, 0.3) is 0 Å². The van der Waals surface area contributed by atoms with Crippen LogP contribution in [0.1, 0.15) is 32.1 Å². The van der Waals surface area contributed by atoms with Crippen LogP contribution in [0.15, 0.2) is 18.3 Å². The number of hydrogen-bond donors (Lipinski definition) is 0. The van der Waals surface area contributed by atoms with Gasteiger partial charge in [-0.3, -0.25) is 0 Å². The normalized spacial score (nSPS) is 25.5. The van der Waals surface area contributed by atoms with Gasteiger partial charge in [-0.2, -0.15) is 0 Å². The van der Waals surface area contributed by atoms with Crippen LogP contribution in [-0.4, -0.2) is 42.1 Å². The first kappa shape index (κ1) is 13.2. The van der Waals surface area contributed by atoms with Gasteiger partial charge in [0.15, 0.2) is 0 Å². The summed E-state index contributed by atoms with van der Waals surface area (Å²) in [6.45, 7) is 4.91. The fraction of sp³-hybridized carbons (Fsp3) is 0.667. The van der Waals surface area contributed by atoms with Crippen molar-refractivity contribution in [3.8, 4) is 0 Å². The summed E-state index contributed by atoms with van der Waals surface area (Å²) in [5, 5.41) is 0.595. The van der Waals surface area contributed by atoms with Gasteiger partial charge in [0, 0.05) is 31.0 Å². The first-order chi connectivity index (χ1) is 9.33. The fourth-order valence-electron chi connectivity index (χ4n) is 3.40. The molecule has 2 saturated heterocycles. The zero-order valence-corrected chi connectivity index (χ0v) is 12.1. The minimum Gasteiger partial charge on any atom is -0.371 e. The maximum Gasteiger partial charge on any atom is 0.131 e. The summed E-state index contributed by atoms with van der Waals surface area (Å²) in [5.41, 5.74) is 1.22. The lowest BCUT2D eigenvalue weighted by Gasteiger charge is -2.27. The van der Waals surface area contributed by atoms with Crippen LogP contribution in [-0.2, 0) is 0 Å². The quantitative estimate of drug-likeness (QED) is 0.775. The highest BCUT2D eigenvalue weighted by molar-refractivity contribution is 6.29. The molecule has 3 rings (SSSR count). The van der Waals surface area contributed by atoms with Gasteiger partial charge in [-0.1, -0.05) is 11.6 Å². The smallest absolute Gasteiger partial charge is 0.131 e. The molecule has 0 saturated carbocycles. The van der Waals surface area contributed by atoms with Crippen molar-refractivity contribution >= 4 is 17.3 Å². The van der Waals surface area contributed by atoms with E-state index in [1.807, 2.05) is 6.07 Å². The van der Waals surface area contributed by atoms with Gasteiger partial charge in [-0.25, -0.2) is 4.98 Å². The standard InChI is InChI=1S/C15H22ClN3/c16-15-12-14(5-7-17-15)19-10-3-4-13(6-11-19)18-8-1-2-9-18/h5,7,12-13H,1-4,6,8-11H2. The Bertz CT molecular complexity index is 418. The summed E-state index contributed by atoms with van der Waals surface area (Å²) in [7, 11) is 0. The molecule has 0 aliphatic carbocycles. The molecule has 19 heavy (non-hydrogen) atoms. The minimum absolute atomic E-state index is 0.595. The summed E-state index contributed by atoms with van der Waals surface area (Å²) in [6.07, 6.45) is 8.48. The van der Waals surface area contributed by atoms with Crippen molar-refractivity contribution in [1.82, 2.24) is 9.88 Å². The zero-order chi connectivity index (χ0) is 13.1. The molecule has 0 amide bonds. The number of rotatable bonds is 2. The van der Waals surface area contributed by atoms with Gasteiger partial charge >= 0.3 is 0 Å². The Labute approximate surface area is 120 Å². The van der Waals surface area contributed by atoms with Gasteiger partial charge in [-0.05, 0) is 57.3 Å². The average molecular weight is 280 g/mol. The summed E-state index contributed by atoms with van der Waals surface area (Å²) in [4.78, 5) is 9.23. The molecule has 1 atom stereocenters. The number of likely N-dealkylation sites (tertiary alicyclic amines) is 1. The molecule has 1 aromatic rings. The van der Waals surface area contributed by atoms with Crippen molar-refractivity contribution in [3.63, 3.8) is 0 Å². The molecule has 2 aliphatic heterocycles. The molecule has 0 N–H and O–H groups in total. The Morgan fingerprint density at radius 3 is 2.68 bits per heavy atom. The van der Waals surface area contributed by atoms with Crippen molar-refractivity contribution in [2.45, 2.75) is 38.1 Å². The lowest BCUT2D eigenvalue weighted by Crippen LogP contribution is -2.33. The van der Waals surface area contributed by atoms with Gasteiger partial charge in [0.25, 0.3) is 0 Å². The van der Waals surface area contributed by atoms with E-state index in [0.717, 1.165) is 19.1 Å². The molecule has 2 aliphatic rings. The van der Waals surface area contributed by atoms with E-state index in [1.165, 1.54) is 50.9 Å². The number of aromatic nitrogens is 1. The molecule has 2 fully saturated rings. The maximum atomic E-state index is 5.99. The van der Waals surface area contributed by atoms with Crippen LogP contribution in [0.2, 0.25) is 5.15 Å². The van der Waals surface area contributed by atoms with E-state index in [0.29, 0.717) is 5.15 Å². The summed E-state index contributed by atoms with van der Waals surface area (Å²) < 4.78 is 0. The molecule has 1 aromatic heterocycles. The minimum atomic E-state index is 0.595. The van der Waals surface area contributed by atoms with Crippen molar-refractivity contribution in [2.24, 2.45) is 0 Å². The van der Waals surface area contributed by atoms with Crippen molar-refractivity contribution in [1.29, 1.82) is 0 Å². The molecule has 104 valence electrons. The highest BCUT2D eigenvalue weighted by atomic mass is 35.5. The lowest BCUT2D eigenvalue weighted by molar-refractivity contribution is 0.225. The number of hydrogen-bond acceptors (Lipinski definition) is 3. The second-order valence-electron chi connectivity index (χ2n) is 5.65. The average Bonchev–Trinajstić information content (AvgIpc) is 2.83. The SMILES string of the molecule is Clc1cc(N2CCCC(N3CCCC3)CC2)ccn1. The van der Waals surface area contributed by atoms with Crippen molar-refractivity contribution in [2.75, 3.05) is 31.1 Å². The van der Waals surface area contributed by atoms with Crippen LogP contribution < -0.4 is 4.90 Å². The molecule has 0 spiro atoms. The predicted octanol–water partition coefficient (Wildman–Crippen LogP) is 3.19. The van der Waals surface area contributed by atoms with Crippen molar-refractivity contribution in [3.05, 3.63) is 23.5 Å². The third-order valence-corrected chi connectivity index (χ3v) is 4.64. The molecule has 4 heteroatoms. The van der Waals surface area contributed by atoms with Crippen LogP contribution >= 0.6 is 11.6 Å². The van der Waals surface area contributed by atoms with E-state index in [2.05, 4.69) is 20.9 Å². The van der Waals surface area contributed by atoms with E-state index in [9.17, 15) is 0 Å². The second kappa shape index (κ2) is 6.10. The zero-order valence-electron chi connectivity index (χ0n) is 11.4. The highest BCUT2D eigenvalue weighted by Crippen LogP contribution is 2.25. The Balaban J connectivity index is 1.63. The maximum absolute atomic E-state index is 5.99. The van der Waals surface area contributed by atoms with Gasteiger partial charge in [-0.15, -0.1) is 0 Å². The molecular weight excluding hydrogens is 258 g/mol. The van der Waals surface area contributed by atoms with E-state index in [4.69, 9.17) is 11.6 Å².